The van der Waals surface area contributed by atoms with Gasteiger partial charge >= 0.3 is 6.01 Å². The molecule has 0 fully saturated rings. The van der Waals surface area contributed by atoms with Crippen molar-refractivity contribution in [2.24, 2.45) is 0 Å². The molecule has 3 N–H and O–H groups in total. The molecule has 0 aliphatic heterocycles. The number of aromatic nitrogens is 1. The molecule has 0 amide bonds. The summed E-state index contributed by atoms with van der Waals surface area (Å²) >= 11 is 0. The van der Waals surface area contributed by atoms with Gasteiger partial charge in [0.05, 0.1) is 16.3 Å². The van der Waals surface area contributed by atoms with E-state index in [1.807, 2.05) is 0 Å². The molecule has 0 saturated carbocycles. The molecule has 108 valence electrons. The smallest absolute Gasteiger partial charge is 0.309 e. The van der Waals surface area contributed by atoms with Gasteiger partial charge in [-0.1, -0.05) is 0 Å². The van der Waals surface area contributed by atoms with E-state index in [-0.39, 0.29) is 27.7 Å². The third kappa shape index (κ3) is 2.46. The number of nitrogen functional groups attached to an aromatic ring is 1. The number of anilines is 2. The Bertz CT molecular complexity index is 768. The maximum atomic E-state index is 13.5. The standard InChI is InChI=1S/C12H14FN3O3S/c1-6-4-9(13)10(14)8(3)11(6)20(17,18)16-12-15-7(2)5-19-12/h4-5H,14H2,1-3H3,(H,15,16). The SMILES string of the molecule is Cc1coc(NS(=O)(=O)c2c(C)cc(F)c(N)c2C)n1. The molecule has 2 aromatic rings. The molecule has 0 aliphatic rings. The molecular weight excluding hydrogens is 285 g/mol. The van der Waals surface area contributed by atoms with E-state index in [9.17, 15) is 12.8 Å². The maximum absolute atomic E-state index is 13.5. The van der Waals surface area contributed by atoms with Crippen molar-refractivity contribution >= 4 is 21.7 Å². The first kappa shape index (κ1) is 14.3. The normalized spacial score (nSPS) is 11.6. The fourth-order valence-corrected chi connectivity index (χ4v) is 3.33. The van der Waals surface area contributed by atoms with Crippen LogP contribution in [0.1, 0.15) is 16.8 Å². The number of benzene rings is 1. The third-order valence-corrected chi connectivity index (χ3v) is 4.42. The fraction of sp³-hybridized carbons (Fsp3) is 0.250. The molecule has 0 bridgehead atoms. The Morgan fingerprint density at radius 2 is 2.00 bits per heavy atom. The van der Waals surface area contributed by atoms with Crippen LogP contribution in [-0.2, 0) is 10.0 Å². The molecule has 0 saturated heterocycles. The molecule has 0 unspecified atom stereocenters. The number of nitrogens with one attached hydrogen (secondary N) is 1. The zero-order valence-corrected chi connectivity index (χ0v) is 12.0. The lowest BCUT2D eigenvalue weighted by Gasteiger charge is -2.13. The highest BCUT2D eigenvalue weighted by Crippen LogP contribution is 2.28. The molecule has 0 spiro atoms. The van der Waals surface area contributed by atoms with E-state index in [2.05, 4.69) is 9.71 Å². The highest BCUT2D eigenvalue weighted by Gasteiger charge is 2.24. The summed E-state index contributed by atoms with van der Waals surface area (Å²) in [5.74, 6) is -0.647. The van der Waals surface area contributed by atoms with Crippen LogP contribution in [0, 0.1) is 26.6 Å². The van der Waals surface area contributed by atoms with E-state index in [0.29, 0.717) is 5.69 Å². The largest absolute Gasteiger partial charge is 0.431 e. The van der Waals surface area contributed by atoms with Crippen LogP contribution in [-0.4, -0.2) is 13.4 Å². The van der Waals surface area contributed by atoms with Crippen molar-refractivity contribution in [2.45, 2.75) is 25.7 Å². The number of nitrogens with two attached hydrogens (primary N) is 1. The van der Waals surface area contributed by atoms with E-state index in [1.54, 1.807) is 6.92 Å². The van der Waals surface area contributed by atoms with Crippen LogP contribution in [0.25, 0.3) is 0 Å². The van der Waals surface area contributed by atoms with Crippen molar-refractivity contribution in [1.29, 1.82) is 0 Å². The van der Waals surface area contributed by atoms with Gasteiger partial charge in [0.2, 0.25) is 0 Å². The Balaban J connectivity index is 2.52. The van der Waals surface area contributed by atoms with Gasteiger partial charge in [-0.3, -0.25) is 0 Å². The number of hydrogen-bond donors (Lipinski definition) is 2. The van der Waals surface area contributed by atoms with Gasteiger partial charge in [-0.2, -0.15) is 4.98 Å². The second-order valence-corrected chi connectivity index (χ2v) is 6.06. The Hall–Kier alpha value is -2.09. The highest BCUT2D eigenvalue weighted by atomic mass is 32.2. The minimum Gasteiger partial charge on any atom is -0.431 e. The molecule has 1 aromatic carbocycles. The van der Waals surface area contributed by atoms with Crippen LogP contribution in [0.3, 0.4) is 0 Å². The molecule has 0 aliphatic carbocycles. The fourth-order valence-electron chi connectivity index (χ4n) is 1.91. The van der Waals surface area contributed by atoms with E-state index in [4.69, 9.17) is 10.2 Å². The van der Waals surface area contributed by atoms with Gasteiger partial charge in [-0.05, 0) is 38.0 Å². The molecular formula is C12H14FN3O3S. The Labute approximate surface area is 115 Å². The van der Waals surface area contributed by atoms with Gasteiger partial charge in [-0.25, -0.2) is 17.5 Å². The van der Waals surface area contributed by atoms with Crippen molar-refractivity contribution in [3.05, 3.63) is 35.0 Å². The summed E-state index contributed by atoms with van der Waals surface area (Å²) in [6.45, 7) is 4.60. The monoisotopic (exact) mass is 299 g/mol. The van der Waals surface area contributed by atoms with E-state index < -0.39 is 15.8 Å². The van der Waals surface area contributed by atoms with E-state index in [1.165, 1.54) is 20.1 Å². The zero-order chi connectivity index (χ0) is 15.1. The number of hydrogen-bond acceptors (Lipinski definition) is 5. The van der Waals surface area contributed by atoms with Gasteiger partial charge in [0.25, 0.3) is 10.0 Å². The second-order valence-electron chi connectivity index (χ2n) is 4.44. The molecule has 1 heterocycles. The van der Waals surface area contributed by atoms with Crippen molar-refractivity contribution in [3.63, 3.8) is 0 Å². The molecule has 1 aromatic heterocycles. The van der Waals surface area contributed by atoms with Crippen LogP contribution in [0.15, 0.2) is 21.6 Å². The number of oxazole rings is 1. The predicted octanol–water partition coefficient (Wildman–Crippen LogP) is 2.12. The second kappa shape index (κ2) is 4.78. The number of nitrogens with zero attached hydrogens (tertiary/aromatic N) is 1. The molecule has 0 radical (unpaired) electrons. The lowest BCUT2D eigenvalue weighted by Crippen LogP contribution is -2.17. The summed E-state index contributed by atoms with van der Waals surface area (Å²) in [6, 6.07) is 0.932. The van der Waals surface area contributed by atoms with E-state index >= 15 is 0 Å². The predicted molar refractivity (Wildman–Crippen MR) is 72.3 cm³/mol. The Morgan fingerprint density at radius 3 is 2.55 bits per heavy atom. The number of halogens is 1. The summed E-state index contributed by atoms with van der Waals surface area (Å²) in [6.07, 6.45) is 1.32. The summed E-state index contributed by atoms with van der Waals surface area (Å²) < 4.78 is 45.3. The average Bonchev–Trinajstić information content (AvgIpc) is 2.70. The maximum Gasteiger partial charge on any atom is 0.309 e. The van der Waals surface area contributed by atoms with E-state index in [0.717, 1.165) is 6.07 Å². The Kier molecular flexibility index (Phi) is 3.43. The van der Waals surface area contributed by atoms with Gasteiger partial charge in [0.1, 0.15) is 12.1 Å². The topological polar surface area (TPSA) is 98.2 Å². The van der Waals surface area contributed by atoms with Crippen molar-refractivity contribution in [3.8, 4) is 0 Å². The lowest BCUT2D eigenvalue weighted by atomic mass is 10.1. The summed E-state index contributed by atoms with van der Waals surface area (Å²) in [5, 5.41) is 0. The minimum atomic E-state index is -3.95. The van der Waals surface area contributed by atoms with Gasteiger partial charge in [-0.15, -0.1) is 0 Å². The highest BCUT2D eigenvalue weighted by molar-refractivity contribution is 7.92. The molecule has 20 heavy (non-hydrogen) atoms. The Morgan fingerprint density at radius 1 is 1.35 bits per heavy atom. The number of sulfonamides is 1. The summed E-state index contributed by atoms with van der Waals surface area (Å²) in [7, 11) is -3.95. The number of aryl methyl sites for hydroxylation is 2. The van der Waals surface area contributed by atoms with Crippen LogP contribution in [0.4, 0.5) is 16.1 Å². The minimum absolute atomic E-state index is 0.0766. The van der Waals surface area contributed by atoms with Gasteiger partial charge in [0.15, 0.2) is 0 Å². The van der Waals surface area contributed by atoms with Crippen LogP contribution in [0.5, 0.6) is 0 Å². The summed E-state index contributed by atoms with van der Waals surface area (Å²) in [5.41, 5.74) is 6.29. The van der Waals surface area contributed by atoms with Crippen LogP contribution < -0.4 is 10.5 Å². The first-order chi connectivity index (χ1) is 9.22. The molecule has 8 heteroatoms. The lowest BCUT2D eigenvalue weighted by molar-refractivity contribution is 0.569. The molecule has 2 rings (SSSR count). The summed E-state index contributed by atoms with van der Waals surface area (Å²) in [4.78, 5) is 3.78. The van der Waals surface area contributed by atoms with Crippen molar-refractivity contribution in [2.75, 3.05) is 10.5 Å². The van der Waals surface area contributed by atoms with Crippen molar-refractivity contribution in [1.82, 2.24) is 4.98 Å². The third-order valence-electron chi connectivity index (χ3n) is 2.81. The number of rotatable bonds is 3. The van der Waals surface area contributed by atoms with Crippen molar-refractivity contribution < 1.29 is 17.2 Å². The average molecular weight is 299 g/mol. The van der Waals surface area contributed by atoms with Crippen LogP contribution in [0.2, 0.25) is 0 Å². The molecule has 0 atom stereocenters. The molecule has 6 nitrogen and oxygen atoms in total. The first-order valence-electron chi connectivity index (χ1n) is 5.72. The quantitative estimate of drug-likeness (QED) is 0.846. The van der Waals surface area contributed by atoms with Crippen LogP contribution >= 0.6 is 0 Å². The zero-order valence-electron chi connectivity index (χ0n) is 11.2. The van der Waals surface area contributed by atoms with Gasteiger partial charge < -0.3 is 10.2 Å². The van der Waals surface area contributed by atoms with Gasteiger partial charge in [0, 0.05) is 0 Å². The first-order valence-corrected chi connectivity index (χ1v) is 7.21.